The fourth-order valence-electron chi connectivity index (χ4n) is 4.16. The molecule has 5 heteroatoms. The molecule has 0 spiro atoms. The summed E-state index contributed by atoms with van der Waals surface area (Å²) in [5, 5.41) is 10.3. The Kier molecular flexibility index (Phi) is 4.57. The van der Waals surface area contributed by atoms with Gasteiger partial charge in [-0.25, -0.2) is 9.97 Å². The number of anilines is 1. The van der Waals surface area contributed by atoms with Gasteiger partial charge in [0.1, 0.15) is 11.6 Å². The van der Waals surface area contributed by atoms with E-state index in [0.29, 0.717) is 17.3 Å². The highest BCUT2D eigenvalue weighted by atomic mass is 16.5. The molecule has 0 amide bonds. The van der Waals surface area contributed by atoms with Crippen molar-refractivity contribution in [1.82, 2.24) is 9.97 Å². The number of ether oxygens (including phenoxy) is 1. The molecule has 5 nitrogen and oxygen atoms in total. The fourth-order valence-corrected chi connectivity index (χ4v) is 4.16. The first kappa shape index (κ1) is 17.3. The van der Waals surface area contributed by atoms with Gasteiger partial charge in [0.25, 0.3) is 0 Å². The van der Waals surface area contributed by atoms with Crippen molar-refractivity contribution in [3.8, 4) is 17.1 Å². The second-order valence-corrected chi connectivity index (χ2v) is 7.82. The van der Waals surface area contributed by atoms with Gasteiger partial charge in [0.05, 0.1) is 23.5 Å². The lowest BCUT2D eigenvalue weighted by Gasteiger charge is -2.38. The number of hydrogen-bond donors (Lipinski definition) is 1. The lowest BCUT2D eigenvalue weighted by molar-refractivity contribution is -0.00553. The van der Waals surface area contributed by atoms with Crippen LogP contribution in [0.1, 0.15) is 38.4 Å². The summed E-state index contributed by atoms with van der Waals surface area (Å²) in [5.74, 6) is 2.51. The van der Waals surface area contributed by atoms with Crippen molar-refractivity contribution in [2.45, 2.75) is 52.2 Å². The van der Waals surface area contributed by atoms with Gasteiger partial charge < -0.3 is 14.7 Å². The largest absolute Gasteiger partial charge is 0.507 e. The lowest BCUT2D eigenvalue weighted by Crippen LogP contribution is -2.46. The molecule has 2 aromatic rings. The molecule has 1 aromatic carbocycles. The van der Waals surface area contributed by atoms with Crippen LogP contribution in [0.3, 0.4) is 0 Å². The average molecular weight is 353 g/mol. The van der Waals surface area contributed by atoms with E-state index >= 15 is 0 Å². The Hall–Kier alpha value is -2.14. The number of para-hydroxylation sites is 1. The van der Waals surface area contributed by atoms with Gasteiger partial charge in [0.2, 0.25) is 0 Å². The monoisotopic (exact) mass is 353 g/mol. The summed E-state index contributed by atoms with van der Waals surface area (Å²) >= 11 is 0. The molecule has 4 rings (SSSR count). The molecule has 26 heavy (non-hydrogen) atoms. The number of morpholine rings is 1. The number of benzene rings is 1. The Labute approximate surface area is 155 Å². The van der Waals surface area contributed by atoms with Crippen molar-refractivity contribution in [2.24, 2.45) is 5.92 Å². The van der Waals surface area contributed by atoms with Crippen LogP contribution >= 0.6 is 0 Å². The van der Waals surface area contributed by atoms with Crippen molar-refractivity contribution in [2.75, 3.05) is 18.0 Å². The first-order chi connectivity index (χ1) is 12.5. The van der Waals surface area contributed by atoms with E-state index in [4.69, 9.17) is 14.7 Å². The van der Waals surface area contributed by atoms with Gasteiger partial charge in [-0.05, 0) is 51.2 Å². The van der Waals surface area contributed by atoms with Crippen LogP contribution in [0.25, 0.3) is 11.4 Å². The molecule has 0 radical (unpaired) electrons. The Morgan fingerprint density at radius 2 is 1.81 bits per heavy atom. The van der Waals surface area contributed by atoms with Crippen molar-refractivity contribution in [3.63, 3.8) is 0 Å². The van der Waals surface area contributed by atoms with E-state index in [0.717, 1.165) is 37.4 Å². The van der Waals surface area contributed by atoms with E-state index in [1.807, 2.05) is 18.2 Å². The highest BCUT2D eigenvalue weighted by Crippen LogP contribution is 2.35. The molecule has 1 N–H and O–H groups in total. The Balaban J connectivity index is 1.83. The molecule has 3 atom stereocenters. The first-order valence-electron chi connectivity index (χ1n) is 9.60. The van der Waals surface area contributed by atoms with Crippen LogP contribution < -0.4 is 4.90 Å². The lowest BCUT2D eigenvalue weighted by atomic mass is 9.88. The quantitative estimate of drug-likeness (QED) is 0.894. The van der Waals surface area contributed by atoms with E-state index in [1.165, 1.54) is 12.0 Å². The van der Waals surface area contributed by atoms with Gasteiger partial charge in [-0.1, -0.05) is 19.1 Å². The molecule has 0 saturated carbocycles. The predicted molar refractivity (Wildman–Crippen MR) is 103 cm³/mol. The Morgan fingerprint density at radius 3 is 2.54 bits per heavy atom. The Bertz CT molecular complexity index is 798. The van der Waals surface area contributed by atoms with E-state index in [-0.39, 0.29) is 18.0 Å². The summed E-state index contributed by atoms with van der Waals surface area (Å²) in [7, 11) is 0. The van der Waals surface area contributed by atoms with E-state index in [2.05, 4.69) is 25.7 Å². The van der Waals surface area contributed by atoms with Crippen LogP contribution in [0.15, 0.2) is 24.3 Å². The van der Waals surface area contributed by atoms with Crippen molar-refractivity contribution < 1.29 is 9.84 Å². The minimum absolute atomic E-state index is 0.181. The summed E-state index contributed by atoms with van der Waals surface area (Å²) < 4.78 is 5.91. The molecular weight excluding hydrogens is 326 g/mol. The molecule has 1 fully saturated rings. The molecule has 0 bridgehead atoms. The summed E-state index contributed by atoms with van der Waals surface area (Å²) in [6, 6.07) is 7.32. The molecule has 2 heterocycles. The number of nitrogens with zero attached hydrogens (tertiary/aromatic N) is 3. The topological polar surface area (TPSA) is 58.5 Å². The van der Waals surface area contributed by atoms with Crippen LogP contribution in [0.5, 0.6) is 5.75 Å². The van der Waals surface area contributed by atoms with Gasteiger partial charge in [-0.2, -0.15) is 0 Å². The molecule has 2 aliphatic rings. The number of rotatable bonds is 2. The third-order valence-electron chi connectivity index (χ3n) is 5.36. The van der Waals surface area contributed by atoms with E-state index in [9.17, 15) is 5.11 Å². The Morgan fingerprint density at radius 1 is 1.08 bits per heavy atom. The minimum Gasteiger partial charge on any atom is -0.507 e. The van der Waals surface area contributed by atoms with E-state index < -0.39 is 0 Å². The molecule has 1 aromatic heterocycles. The summed E-state index contributed by atoms with van der Waals surface area (Å²) in [6.45, 7) is 8.18. The molecular formula is C21H27N3O2. The molecule has 138 valence electrons. The maximum Gasteiger partial charge on any atom is 0.165 e. The maximum atomic E-state index is 10.3. The molecule has 1 aliphatic carbocycles. The first-order valence-corrected chi connectivity index (χ1v) is 9.60. The highest BCUT2D eigenvalue weighted by Gasteiger charge is 2.29. The van der Waals surface area contributed by atoms with Crippen LogP contribution in [0, 0.1) is 5.92 Å². The van der Waals surface area contributed by atoms with Gasteiger partial charge in [-0.15, -0.1) is 0 Å². The summed E-state index contributed by atoms with van der Waals surface area (Å²) in [4.78, 5) is 12.1. The molecule has 3 unspecified atom stereocenters. The number of fused-ring (bicyclic) bond motifs is 1. The normalized spacial score (nSPS) is 25.8. The maximum absolute atomic E-state index is 10.3. The molecule has 1 saturated heterocycles. The van der Waals surface area contributed by atoms with Crippen LogP contribution in [0.4, 0.5) is 5.82 Å². The minimum atomic E-state index is 0.181. The van der Waals surface area contributed by atoms with Gasteiger partial charge in [-0.3, -0.25) is 0 Å². The number of phenolic OH excluding ortho intramolecular Hbond substituents is 1. The van der Waals surface area contributed by atoms with Crippen molar-refractivity contribution >= 4 is 5.82 Å². The van der Waals surface area contributed by atoms with Gasteiger partial charge in [0, 0.05) is 18.7 Å². The van der Waals surface area contributed by atoms with Crippen molar-refractivity contribution in [1.29, 1.82) is 0 Å². The van der Waals surface area contributed by atoms with Gasteiger partial charge >= 0.3 is 0 Å². The van der Waals surface area contributed by atoms with Crippen molar-refractivity contribution in [3.05, 3.63) is 35.5 Å². The fraction of sp³-hybridized carbons (Fsp3) is 0.524. The summed E-state index contributed by atoms with van der Waals surface area (Å²) in [6.07, 6.45) is 3.53. The summed E-state index contributed by atoms with van der Waals surface area (Å²) in [5.41, 5.74) is 3.12. The number of aromatic hydroxyl groups is 1. The zero-order valence-electron chi connectivity index (χ0n) is 15.8. The van der Waals surface area contributed by atoms with Crippen LogP contribution in [0.2, 0.25) is 0 Å². The molecule has 1 aliphatic heterocycles. The number of aromatic nitrogens is 2. The van der Waals surface area contributed by atoms with Crippen LogP contribution in [-0.2, 0) is 17.6 Å². The predicted octanol–water partition coefficient (Wildman–Crippen LogP) is 3.59. The standard InChI is InChI=1S/C21H27N3O2/c1-13-8-9-16-18(10-13)22-20(17-6-4-5-7-19(17)25)23-21(16)24-11-14(2)26-15(3)12-24/h4-7,13-15,25H,8-12H2,1-3H3. The highest BCUT2D eigenvalue weighted by molar-refractivity contribution is 5.66. The average Bonchev–Trinajstić information content (AvgIpc) is 2.60. The zero-order valence-corrected chi connectivity index (χ0v) is 15.8. The smallest absolute Gasteiger partial charge is 0.165 e. The zero-order chi connectivity index (χ0) is 18.3. The number of phenols is 1. The second-order valence-electron chi connectivity index (χ2n) is 7.82. The SMILES string of the molecule is CC1CCc2c(nc(-c3ccccc3O)nc2N2CC(C)OC(C)C2)C1. The van der Waals surface area contributed by atoms with E-state index in [1.54, 1.807) is 6.07 Å². The third-order valence-corrected chi connectivity index (χ3v) is 5.36. The van der Waals surface area contributed by atoms with Gasteiger partial charge in [0.15, 0.2) is 5.82 Å². The van der Waals surface area contributed by atoms with Crippen LogP contribution in [-0.4, -0.2) is 40.4 Å². The third kappa shape index (κ3) is 3.28. The second kappa shape index (κ2) is 6.88. The number of hydrogen-bond acceptors (Lipinski definition) is 5.